The average molecular weight is 447 g/mol. The van der Waals surface area contributed by atoms with E-state index in [2.05, 4.69) is 45.4 Å². The summed E-state index contributed by atoms with van der Waals surface area (Å²) in [5.74, 6) is 2.62. The van der Waals surface area contributed by atoms with Gasteiger partial charge in [-0.15, -0.1) is 0 Å². The maximum Gasteiger partial charge on any atom is 0.112 e. The number of imidazole rings is 1. The molecule has 0 amide bonds. The summed E-state index contributed by atoms with van der Waals surface area (Å²) in [6, 6.07) is 0.581. The maximum absolute atomic E-state index is 4.83. The van der Waals surface area contributed by atoms with Gasteiger partial charge in [-0.2, -0.15) is 0 Å². The zero-order valence-electron chi connectivity index (χ0n) is 22.7. The van der Waals surface area contributed by atoms with Crippen molar-refractivity contribution in [3.8, 4) is 0 Å². The molecule has 32 heavy (non-hydrogen) atoms. The van der Waals surface area contributed by atoms with Gasteiger partial charge >= 0.3 is 0 Å². The molecule has 0 aliphatic carbocycles. The number of nitrogens with zero attached hydrogens (tertiary/aromatic N) is 2. The lowest BCUT2D eigenvalue weighted by Gasteiger charge is -2.25. The Hall–Kier alpha value is -0.790. The van der Waals surface area contributed by atoms with Crippen molar-refractivity contribution >= 4 is 0 Å². The number of hydrogen-bond acceptors (Lipinski definition) is 1. The molecule has 0 fully saturated rings. The van der Waals surface area contributed by atoms with Crippen LogP contribution < -0.4 is 0 Å². The van der Waals surface area contributed by atoms with Crippen LogP contribution >= 0.6 is 0 Å². The molecule has 0 spiro atoms. The minimum atomic E-state index is 0.581. The van der Waals surface area contributed by atoms with Gasteiger partial charge in [0.15, 0.2) is 0 Å². The minimum Gasteiger partial charge on any atom is -0.332 e. The Bertz CT molecular complexity index is 519. The smallest absolute Gasteiger partial charge is 0.112 e. The molecule has 2 atom stereocenters. The Morgan fingerprint density at radius 2 is 1.06 bits per heavy atom. The molecule has 2 heteroatoms. The Balaban J connectivity index is 2.19. The molecule has 0 aliphatic rings. The fourth-order valence-corrected chi connectivity index (χ4v) is 5.13. The van der Waals surface area contributed by atoms with Crippen LogP contribution in [-0.2, 0) is 0 Å². The number of hydrogen-bond donors (Lipinski definition) is 0. The van der Waals surface area contributed by atoms with Crippen LogP contribution in [0.3, 0.4) is 0 Å². The Kier molecular flexibility index (Phi) is 18.0. The van der Waals surface area contributed by atoms with E-state index < -0.39 is 0 Å². The molecule has 1 heterocycles. The van der Waals surface area contributed by atoms with Crippen molar-refractivity contribution in [1.29, 1.82) is 0 Å². The summed E-state index contributed by atoms with van der Waals surface area (Å²) in [6.07, 6.45) is 30.9. The van der Waals surface area contributed by atoms with Crippen molar-refractivity contribution in [1.82, 2.24) is 9.55 Å². The topological polar surface area (TPSA) is 17.8 Å². The molecular formula is C30H58N2. The van der Waals surface area contributed by atoms with Crippen molar-refractivity contribution in [2.45, 2.75) is 169 Å². The molecule has 0 saturated carbocycles. The quantitative estimate of drug-likeness (QED) is 0.162. The van der Waals surface area contributed by atoms with E-state index in [0.717, 1.165) is 0 Å². The fraction of sp³-hybridized carbons (Fsp3) is 0.900. The lowest BCUT2D eigenvalue weighted by Crippen LogP contribution is -2.16. The lowest BCUT2D eigenvalue weighted by molar-refractivity contribution is 0.383. The fourth-order valence-electron chi connectivity index (χ4n) is 5.13. The van der Waals surface area contributed by atoms with Gasteiger partial charge in [-0.05, 0) is 25.7 Å². The average Bonchev–Trinajstić information content (AvgIpc) is 3.26. The van der Waals surface area contributed by atoms with Gasteiger partial charge in [0.05, 0.1) is 0 Å². The summed E-state index contributed by atoms with van der Waals surface area (Å²) in [6.45, 7) is 11.8. The van der Waals surface area contributed by atoms with Gasteiger partial charge < -0.3 is 4.57 Å². The van der Waals surface area contributed by atoms with E-state index >= 15 is 0 Å². The Labute approximate surface area is 202 Å². The van der Waals surface area contributed by atoms with Crippen LogP contribution in [-0.4, -0.2) is 9.55 Å². The normalized spacial score (nSPS) is 13.7. The standard InChI is InChI=1S/C30H58N2/c1-6-8-10-12-13-14-15-16-17-18-19-20-21-23-28(5)32-26-25-31-30(32)29(27(3)4)24-22-11-9-7-2/h25-29H,6-24H2,1-5H3. The van der Waals surface area contributed by atoms with E-state index in [1.807, 2.05) is 6.20 Å². The SMILES string of the molecule is CCCCCCCCCCCCCCCC(C)n1ccnc1C(CCCCCC)C(C)C. The van der Waals surface area contributed by atoms with Crippen molar-refractivity contribution in [2.24, 2.45) is 5.92 Å². The van der Waals surface area contributed by atoms with Crippen LogP contribution in [0.15, 0.2) is 12.4 Å². The molecule has 0 aliphatic heterocycles. The molecule has 0 aromatic carbocycles. The summed E-state index contributed by atoms with van der Waals surface area (Å²) in [5.41, 5.74) is 0. The highest BCUT2D eigenvalue weighted by Gasteiger charge is 2.22. The molecular weight excluding hydrogens is 388 g/mol. The number of aromatic nitrogens is 2. The molecule has 2 nitrogen and oxygen atoms in total. The van der Waals surface area contributed by atoms with Gasteiger partial charge in [-0.25, -0.2) is 4.98 Å². The van der Waals surface area contributed by atoms with Crippen LogP contribution in [0.2, 0.25) is 0 Å². The van der Waals surface area contributed by atoms with Gasteiger partial charge in [0, 0.05) is 24.4 Å². The van der Waals surface area contributed by atoms with Crippen LogP contribution in [0.5, 0.6) is 0 Å². The van der Waals surface area contributed by atoms with E-state index in [1.165, 1.54) is 128 Å². The summed E-state index contributed by atoms with van der Waals surface area (Å²) >= 11 is 0. The van der Waals surface area contributed by atoms with Crippen molar-refractivity contribution in [3.05, 3.63) is 18.2 Å². The first kappa shape index (κ1) is 29.2. The van der Waals surface area contributed by atoms with Crippen molar-refractivity contribution < 1.29 is 0 Å². The van der Waals surface area contributed by atoms with Crippen LogP contribution in [0, 0.1) is 5.92 Å². The van der Waals surface area contributed by atoms with Gasteiger partial charge in [0.2, 0.25) is 0 Å². The van der Waals surface area contributed by atoms with E-state index in [0.29, 0.717) is 17.9 Å². The minimum absolute atomic E-state index is 0.581. The molecule has 2 unspecified atom stereocenters. The second-order valence-electron chi connectivity index (χ2n) is 10.8. The first-order valence-corrected chi connectivity index (χ1v) is 14.6. The highest BCUT2D eigenvalue weighted by atomic mass is 15.1. The molecule has 188 valence electrons. The van der Waals surface area contributed by atoms with Crippen molar-refractivity contribution in [2.75, 3.05) is 0 Å². The van der Waals surface area contributed by atoms with Crippen molar-refractivity contribution in [3.63, 3.8) is 0 Å². The third-order valence-corrected chi connectivity index (χ3v) is 7.40. The molecule has 0 bridgehead atoms. The zero-order valence-corrected chi connectivity index (χ0v) is 22.7. The number of rotatable bonds is 22. The Morgan fingerprint density at radius 1 is 0.625 bits per heavy atom. The molecule has 1 rings (SSSR count). The molecule has 0 radical (unpaired) electrons. The number of unbranched alkanes of at least 4 members (excludes halogenated alkanes) is 15. The third kappa shape index (κ3) is 13.0. The van der Waals surface area contributed by atoms with E-state index in [1.54, 1.807) is 0 Å². The molecule has 0 saturated heterocycles. The predicted octanol–water partition coefficient (Wildman–Crippen LogP) is 10.6. The summed E-state index contributed by atoms with van der Waals surface area (Å²) < 4.78 is 2.50. The van der Waals surface area contributed by atoms with E-state index in [-0.39, 0.29) is 0 Å². The molecule has 1 aromatic heterocycles. The highest BCUT2D eigenvalue weighted by Crippen LogP contribution is 2.31. The summed E-state index contributed by atoms with van der Waals surface area (Å²) in [4.78, 5) is 4.83. The monoisotopic (exact) mass is 446 g/mol. The summed E-state index contributed by atoms with van der Waals surface area (Å²) in [5, 5.41) is 0. The van der Waals surface area contributed by atoms with Gasteiger partial charge in [-0.1, -0.05) is 137 Å². The first-order valence-electron chi connectivity index (χ1n) is 14.6. The maximum atomic E-state index is 4.83. The van der Waals surface area contributed by atoms with Crippen LogP contribution in [0.25, 0.3) is 0 Å². The Morgan fingerprint density at radius 3 is 1.56 bits per heavy atom. The second-order valence-corrected chi connectivity index (χ2v) is 10.8. The summed E-state index contributed by atoms with van der Waals surface area (Å²) in [7, 11) is 0. The van der Waals surface area contributed by atoms with Gasteiger partial charge in [-0.3, -0.25) is 0 Å². The van der Waals surface area contributed by atoms with Crippen LogP contribution in [0.4, 0.5) is 0 Å². The highest BCUT2D eigenvalue weighted by molar-refractivity contribution is 5.03. The molecule has 1 aromatic rings. The second kappa shape index (κ2) is 19.7. The van der Waals surface area contributed by atoms with E-state index in [9.17, 15) is 0 Å². The van der Waals surface area contributed by atoms with Crippen LogP contribution in [0.1, 0.15) is 174 Å². The van der Waals surface area contributed by atoms with Gasteiger partial charge in [0.25, 0.3) is 0 Å². The molecule has 0 N–H and O–H groups in total. The predicted molar refractivity (Wildman–Crippen MR) is 144 cm³/mol. The van der Waals surface area contributed by atoms with E-state index in [4.69, 9.17) is 4.98 Å². The lowest BCUT2D eigenvalue weighted by atomic mass is 9.89. The largest absolute Gasteiger partial charge is 0.332 e. The first-order chi connectivity index (χ1) is 15.6. The van der Waals surface area contributed by atoms with Gasteiger partial charge in [0.1, 0.15) is 5.82 Å². The third-order valence-electron chi connectivity index (χ3n) is 7.40. The zero-order chi connectivity index (χ0) is 23.4.